The number of carbonyl (C=O) groups excluding carboxylic acids is 2. The number of halogens is 1. The van der Waals surface area contributed by atoms with Gasteiger partial charge in [-0.2, -0.15) is 0 Å². The minimum Gasteiger partial charge on any atom is -0.504 e. The quantitative estimate of drug-likeness (QED) is 0.652. The van der Waals surface area contributed by atoms with Crippen LogP contribution in [0, 0.1) is 0 Å². The first-order chi connectivity index (χ1) is 9.47. The molecule has 6 nitrogen and oxygen atoms in total. The normalized spacial score (nSPS) is 16.8. The molecule has 1 aliphatic rings. The monoisotopic (exact) mass is 340 g/mol. The molecule has 20 heavy (non-hydrogen) atoms. The highest BCUT2D eigenvalue weighted by Gasteiger charge is 2.32. The van der Waals surface area contributed by atoms with Crippen molar-refractivity contribution < 1.29 is 19.4 Å². The van der Waals surface area contributed by atoms with E-state index in [1.165, 1.54) is 19.3 Å². The number of phenolic OH excluding ortho intramolecular Hbond substituents is 1. The molecule has 0 radical (unpaired) electrons. The van der Waals surface area contributed by atoms with Gasteiger partial charge in [0.05, 0.1) is 7.11 Å². The summed E-state index contributed by atoms with van der Waals surface area (Å²) in [5.74, 6) is -0.112. The summed E-state index contributed by atoms with van der Waals surface area (Å²) in [7, 11) is 1.43. The Balaban J connectivity index is 2.41. The topological polar surface area (TPSA) is 78.9 Å². The number of nitrogens with one attached hydrogen (secondary N) is 1. The zero-order valence-electron chi connectivity index (χ0n) is 10.9. The van der Waals surface area contributed by atoms with E-state index in [0.29, 0.717) is 16.6 Å². The van der Waals surface area contributed by atoms with Crippen LogP contribution in [0.5, 0.6) is 11.5 Å². The first-order valence-electron chi connectivity index (χ1n) is 5.89. The number of urea groups is 1. The van der Waals surface area contributed by atoms with Crippen molar-refractivity contribution in [2.75, 3.05) is 13.7 Å². The summed E-state index contributed by atoms with van der Waals surface area (Å²) in [6.45, 7) is 2.03. The van der Waals surface area contributed by atoms with Crippen molar-refractivity contribution in [2.45, 2.75) is 6.92 Å². The van der Waals surface area contributed by atoms with Gasteiger partial charge in [-0.05, 0) is 30.7 Å². The van der Waals surface area contributed by atoms with Crippen LogP contribution in [0.1, 0.15) is 12.5 Å². The molecule has 1 heterocycles. The summed E-state index contributed by atoms with van der Waals surface area (Å²) in [6, 6.07) is 2.59. The average molecular weight is 341 g/mol. The fourth-order valence-corrected chi connectivity index (χ4v) is 2.29. The molecule has 0 unspecified atom stereocenters. The van der Waals surface area contributed by atoms with Crippen LogP contribution in [-0.4, -0.2) is 35.6 Å². The Kier molecular flexibility index (Phi) is 3.99. The number of hydrogen-bond donors (Lipinski definition) is 2. The van der Waals surface area contributed by atoms with E-state index in [9.17, 15) is 14.7 Å². The van der Waals surface area contributed by atoms with Crippen molar-refractivity contribution in [1.29, 1.82) is 0 Å². The standard InChI is InChI=1S/C13H13BrN2O4/c1-3-16-12(18)9(15-13(16)19)4-7-5-11(20-2)10(17)6-8(7)14/h4-6,17H,3H2,1-2H3,(H,15,19)/b9-4+. The highest BCUT2D eigenvalue weighted by Crippen LogP contribution is 2.33. The average Bonchev–Trinajstić information content (AvgIpc) is 2.67. The van der Waals surface area contributed by atoms with Crippen molar-refractivity contribution in [3.63, 3.8) is 0 Å². The number of nitrogens with zero attached hydrogens (tertiary/aromatic N) is 1. The molecule has 106 valence electrons. The van der Waals surface area contributed by atoms with Crippen LogP contribution in [0.4, 0.5) is 4.79 Å². The number of rotatable bonds is 3. The fraction of sp³-hybridized carbons (Fsp3) is 0.231. The number of amides is 3. The van der Waals surface area contributed by atoms with E-state index < -0.39 is 6.03 Å². The molecule has 0 spiro atoms. The van der Waals surface area contributed by atoms with Crippen molar-refractivity contribution >= 4 is 33.9 Å². The summed E-state index contributed by atoms with van der Waals surface area (Å²) in [5, 5.41) is 12.1. The third kappa shape index (κ3) is 2.49. The Labute approximate surface area is 124 Å². The Bertz CT molecular complexity index is 613. The molecule has 1 aromatic rings. The summed E-state index contributed by atoms with van der Waals surface area (Å²) >= 11 is 3.29. The van der Waals surface area contributed by atoms with Crippen LogP contribution in [0.3, 0.4) is 0 Å². The number of aromatic hydroxyl groups is 1. The van der Waals surface area contributed by atoms with Gasteiger partial charge in [0.25, 0.3) is 5.91 Å². The molecule has 3 amide bonds. The number of phenols is 1. The molecule has 7 heteroatoms. The predicted molar refractivity (Wildman–Crippen MR) is 76.3 cm³/mol. The van der Waals surface area contributed by atoms with Crippen LogP contribution in [0.2, 0.25) is 0 Å². The van der Waals surface area contributed by atoms with E-state index in [2.05, 4.69) is 21.2 Å². The van der Waals surface area contributed by atoms with Gasteiger partial charge >= 0.3 is 6.03 Å². The van der Waals surface area contributed by atoms with Gasteiger partial charge in [0, 0.05) is 11.0 Å². The van der Waals surface area contributed by atoms with Gasteiger partial charge in [0.1, 0.15) is 5.70 Å². The fourth-order valence-electron chi connectivity index (χ4n) is 1.85. The van der Waals surface area contributed by atoms with Crippen molar-refractivity contribution in [3.05, 3.63) is 27.9 Å². The molecule has 0 aliphatic carbocycles. The number of methoxy groups -OCH3 is 1. The second-order valence-corrected chi connectivity index (χ2v) is 4.94. The number of hydrogen-bond acceptors (Lipinski definition) is 4. The van der Waals surface area contributed by atoms with Crippen molar-refractivity contribution in [3.8, 4) is 11.5 Å². The molecular weight excluding hydrogens is 328 g/mol. The SMILES string of the molecule is CCN1C(=O)N/C(=C/c2cc(OC)c(O)cc2Br)C1=O. The van der Waals surface area contributed by atoms with E-state index in [0.717, 1.165) is 4.90 Å². The van der Waals surface area contributed by atoms with Crippen LogP contribution >= 0.6 is 15.9 Å². The number of ether oxygens (including phenoxy) is 1. The van der Waals surface area contributed by atoms with Gasteiger partial charge in [0.2, 0.25) is 0 Å². The van der Waals surface area contributed by atoms with Crippen molar-refractivity contribution in [1.82, 2.24) is 10.2 Å². The van der Waals surface area contributed by atoms with Gasteiger partial charge in [-0.25, -0.2) is 4.79 Å². The van der Waals surface area contributed by atoms with Crippen molar-refractivity contribution in [2.24, 2.45) is 0 Å². The first-order valence-corrected chi connectivity index (χ1v) is 6.68. The minimum atomic E-state index is -0.439. The summed E-state index contributed by atoms with van der Waals surface area (Å²) in [4.78, 5) is 24.6. The van der Waals surface area contributed by atoms with Gasteiger partial charge in [0.15, 0.2) is 11.5 Å². The molecular formula is C13H13BrN2O4. The number of likely N-dealkylation sites (N-methyl/N-ethyl adjacent to an activating group) is 1. The lowest BCUT2D eigenvalue weighted by molar-refractivity contribution is -0.122. The van der Waals surface area contributed by atoms with E-state index in [1.54, 1.807) is 13.0 Å². The summed E-state index contributed by atoms with van der Waals surface area (Å²) in [6.07, 6.45) is 1.53. The zero-order chi connectivity index (χ0) is 14.9. The maximum atomic E-state index is 12.0. The Morgan fingerprint density at radius 1 is 1.45 bits per heavy atom. The van der Waals surface area contributed by atoms with Gasteiger partial charge in [-0.3, -0.25) is 9.69 Å². The summed E-state index contributed by atoms with van der Waals surface area (Å²) < 4.78 is 5.60. The molecule has 2 N–H and O–H groups in total. The third-order valence-electron chi connectivity index (χ3n) is 2.88. The predicted octanol–water partition coefficient (Wildman–Crippen LogP) is 2.08. The molecule has 1 aromatic carbocycles. The molecule has 1 aliphatic heterocycles. The smallest absolute Gasteiger partial charge is 0.328 e. The van der Waals surface area contributed by atoms with Gasteiger partial charge in [-0.1, -0.05) is 15.9 Å². The number of imide groups is 1. The Morgan fingerprint density at radius 3 is 2.70 bits per heavy atom. The molecule has 0 saturated carbocycles. The van der Waals surface area contributed by atoms with E-state index in [1.807, 2.05) is 0 Å². The Hall–Kier alpha value is -2.02. The second kappa shape index (κ2) is 5.54. The molecule has 0 bridgehead atoms. The second-order valence-electron chi connectivity index (χ2n) is 4.08. The number of benzene rings is 1. The van der Waals surface area contributed by atoms with E-state index in [-0.39, 0.29) is 23.1 Å². The Morgan fingerprint density at radius 2 is 2.15 bits per heavy atom. The zero-order valence-corrected chi connectivity index (χ0v) is 12.5. The maximum absolute atomic E-state index is 12.0. The molecule has 1 saturated heterocycles. The largest absolute Gasteiger partial charge is 0.504 e. The molecule has 2 rings (SSSR count). The third-order valence-corrected chi connectivity index (χ3v) is 3.56. The highest BCUT2D eigenvalue weighted by molar-refractivity contribution is 9.10. The van der Waals surface area contributed by atoms with Crippen LogP contribution in [-0.2, 0) is 4.79 Å². The lowest BCUT2D eigenvalue weighted by Crippen LogP contribution is -2.30. The molecule has 0 atom stereocenters. The van der Waals surface area contributed by atoms with Gasteiger partial charge < -0.3 is 15.2 Å². The van der Waals surface area contributed by atoms with Crippen LogP contribution in [0.25, 0.3) is 6.08 Å². The molecule has 1 fully saturated rings. The summed E-state index contributed by atoms with van der Waals surface area (Å²) in [5.41, 5.74) is 0.798. The highest BCUT2D eigenvalue weighted by atomic mass is 79.9. The van der Waals surface area contributed by atoms with E-state index in [4.69, 9.17) is 4.74 Å². The van der Waals surface area contributed by atoms with Crippen LogP contribution in [0.15, 0.2) is 22.3 Å². The van der Waals surface area contributed by atoms with Gasteiger partial charge in [-0.15, -0.1) is 0 Å². The molecule has 0 aromatic heterocycles. The lowest BCUT2D eigenvalue weighted by Gasteiger charge is -2.07. The maximum Gasteiger partial charge on any atom is 0.328 e. The van der Waals surface area contributed by atoms with E-state index >= 15 is 0 Å². The minimum absolute atomic E-state index is 0.0153. The first kappa shape index (κ1) is 14.4. The lowest BCUT2D eigenvalue weighted by atomic mass is 10.1. The number of carbonyl (C=O) groups is 2. The van der Waals surface area contributed by atoms with Crippen LogP contribution < -0.4 is 10.1 Å².